The zero-order chi connectivity index (χ0) is 17.9. The first-order valence-electron chi connectivity index (χ1n) is 7.03. The number of rotatable bonds is 6. The van der Waals surface area contributed by atoms with Crippen LogP contribution in [0.15, 0.2) is 5.16 Å². The third kappa shape index (κ3) is 3.39. The molecule has 0 radical (unpaired) electrons. The van der Waals surface area contributed by atoms with Gasteiger partial charge in [-0.15, -0.1) is 21.5 Å². The average molecular weight is 370 g/mol. The van der Waals surface area contributed by atoms with Crippen LogP contribution in [0.3, 0.4) is 0 Å². The molecule has 8 nitrogen and oxygen atoms in total. The Hall–Kier alpha value is -2.07. The van der Waals surface area contributed by atoms with E-state index in [4.69, 9.17) is 15.2 Å². The molecule has 2 aromatic rings. The van der Waals surface area contributed by atoms with Gasteiger partial charge in [-0.2, -0.15) is 0 Å². The van der Waals surface area contributed by atoms with Crippen molar-refractivity contribution in [3.63, 3.8) is 0 Å². The molecule has 0 atom stereocenters. The Bertz CT molecular complexity index is 769. The third-order valence-corrected chi connectivity index (χ3v) is 5.47. The SMILES string of the molecule is CCc1nnc(SCc2c(C(=O)OC)sc(N)c2C(=O)OC)n1C. The van der Waals surface area contributed by atoms with Crippen molar-refractivity contribution in [3.8, 4) is 0 Å². The summed E-state index contributed by atoms with van der Waals surface area (Å²) in [5.74, 6) is 0.0493. The lowest BCUT2D eigenvalue weighted by molar-refractivity contribution is 0.0601. The maximum Gasteiger partial charge on any atom is 0.348 e. The molecule has 2 N–H and O–H groups in total. The highest BCUT2D eigenvalue weighted by molar-refractivity contribution is 7.98. The summed E-state index contributed by atoms with van der Waals surface area (Å²) in [7, 11) is 4.42. The van der Waals surface area contributed by atoms with Crippen LogP contribution in [0.5, 0.6) is 0 Å². The summed E-state index contributed by atoms with van der Waals surface area (Å²) in [6.45, 7) is 1.99. The monoisotopic (exact) mass is 370 g/mol. The number of anilines is 1. The van der Waals surface area contributed by atoms with E-state index >= 15 is 0 Å². The van der Waals surface area contributed by atoms with Crippen molar-refractivity contribution >= 4 is 40.0 Å². The van der Waals surface area contributed by atoms with Crippen molar-refractivity contribution in [1.82, 2.24) is 14.8 Å². The molecule has 0 saturated carbocycles. The van der Waals surface area contributed by atoms with Crippen LogP contribution in [-0.4, -0.2) is 40.9 Å². The van der Waals surface area contributed by atoms with Crippen LogP contribution in [0, 0.1) is 0 Å². The molecule has 24 heavy (non-hydrogen) atoms. The molecule has 0 bridgehead atoms. The summed E-state index contributed by atoms with van der Waals surface area (Å²) >= 11 is 2.37. The minimum Gasteiger partial charge on any atom is -0.465 e. The third-order valence-electron chi connectivity index (χ3n) is 3.38. The summed E-state index contributed by atoms with van der Waals surface area (Å²) in [5.41, 5.74) is 6.59. The Morgan fingerprint density at radius 2 is 1.92 bits per heavy atom. The molecule has 0 spiro atoms. The molecule has 130 valence electrons. The summed E-state index contributed by atoms with van der Waals surface area (Å²) < 4.78 is 11.4. The second-order valence-electron chi connectivity index (χ2n) is 4.73. The van der Waals surface area contributed by atoms with E-state index in [2.05, 4.69) is 10.2 Å². The smallest absolute Gasteiger partial charge is 0.348 e. The number of carbonyl (C=O) groups excluding carboxylic acids is 2. The van der Waals surface area contributed by atoms with Crippen LogP contribution in [-0.2, 0) is 28.7 Å². The quantitative estimate of drug-likeness (QED) is 0.606. The molecule has 0 aliphatic rings. The van der Waals surface area contributed by atoms with Gasteiger partial charge in [0.05, 0.1) is 19.8 Å². The maximum absolute atomic E-state index is 12.0. The number of aryl methyl sites for hydroxylation is 1. The number of methoxy groups -OCH3 is 2. The minimum absolute atomic E-state index is 0.202. The molecule has 0 fully saturated rings. The summed E-state index contributed by atoms with van der Waals surface area (Å²) in [5, 5.41) is 9.11. The molecular formula is C14H18N4O4S2. The van der Waals surface area contributed by atoms with E-state index in [1.165, 1.54) is 26.0 Å². The van der Waals surface area contributed by atoms with Gasteiger partial charge in [0.25, 0.3) is 0 Å². The van der Waals surface area contributed by atoms with Gasteiger partial charge in [0.1, 0.15) is 15.7 Å². The van der Waals surface area contributed by atoms with Gasteiger partial charge >= 0.3 is 11.9 Å². The number of nitrogens with zero attached hydrogens (tertiary/aromatic N) is 3. The number of aromatic nitrogens is 3. The van der Waals surface area contributed by atoms with Crippen LogP contribution in [0.1, 0.15) is 38.3 Å². The van der Waals surface area contributed by atoms with E-state index in [-0.39, 0.29) is 10.6 Å². The lowest BCUT2D eigenvalue weighted by atomic mass is 10.1. The first kappa shape index (κ1) is 18.3. The number of nitrogens with two attached hydrogens (primary N) is 1. The van der Waals surface area contributed by atoms with Crippen LogP contribution in [0.4, 0.5) is 5.00 Å². The van der Waals surface area contributed by atoms with Crippen molar-refractivity contribution < 1.29 is 19.1 Å². The Labute approximate surface area is 147 Å². The normalized spacial score (nSPS) is 10.7. The van der Waals surface area contributed by atoms with Gasteiger partial charge in [0, 0.05) is 24.8 Å². The molecule has 10 heteroatoms. The van der Waals surface area contributed by atoms with Crippen molar-refractivity contribution in [2.45, 2.75) is 24.3 Å². The van der Waals surface area contributed by atoms with Gasteiger partial charge in [-0.3, -0.25) is 0 Å². The number of ether oxygens (including phenoxy) is 2. The topological polar surface area (TPSA) is 109 Å². The van der Waals surface area contributed by atoms with Crippen LogP contribution in [0.25, 0.3) is 0 Å². The Balaban J connectivity index is 2.37. The minimum atomic E-state index is -0.582. The predicted octanol–water partition coefficient (Wildman–Crippen LogP) is 1.89. The van der Waals surface area contributed by atoms with Gasteiger partial charge < -0.3 is 19.8 Å². The molecule has 0 amide bonds. The van der Waals surface area contributed by atoms with E-state index in [0.717, 1.165) is 23.6 Å². The lowest BCUT2D eigenvalue weighted by Gasteiger charge is -2.06. The number of carbonyl (C=O) groups is 2. The Kier molecular flexibility index (Phi) is 5.84. The van der Waals surface area contributed by atoms with Gasteiger partial charge in [0.15, 0.2) is 5.16 Å². The molecule has 2 heterocycles. The fourth-order valence-corrected chi connectivity index (χ4v) is 4.16. The summed E-state index contributed by atoms with van der Waals surface area (Å²) in [4.78, 5) is 24.3. The van der Waals surface area contributed by atoms with Crippen molar-refractivity contribution in [1.29, 1.82) is 0 Å². The molecule has 0 aliphatic carbocycles. The molecule has 0 unspecified atom stereocenters. The number of esters is 2. The highest BCUT2D eigenvalue weighted by Gasteiger charge is 2.27. The predicted molar refractivity (Wildman–Crippen MR) is 91.4 cm³/mol. The standard InChI is InChI=1S/C14H18N4O4S2/c1-5-8-16-17-14(18(8)2)23-6-7-9(12(19)21-3)11(15)24-10(7)13(20)22-4/h5-6,15H2,1-4H3. The largest absolute Gasteiger partial charge is 0.465 e. The fraction of sp³-hybridized carbons (Fsp3) is 0.429. The molecule has 2 rings (SSSR count). The summed E-state index contributed by atoms with van der Waals surface area (Å²) in [6.07, 6.45) is 0.760. The molecule has 2 aromatic heterocycles. The first-order valence-corrected chi connectivity index (χ1v) is 8.83. The van der Waals surface area contributed by atoms with Crippen LogP contribution < -0.4 is 5.73 Å². The Morgan fingerprint density at radius 3 is 2.46 bits per heavy atom. The average Bonchev–Trinajstić information content (AvgIpc) is 3.11. The second-order valence-corrected chi connectivity index (χ2v) is 6.73. The van der Waals surface area contributed by atoms with Crippen LogP contribution in [0.2, 0.25) is 0 Å². The lowest BCUT2D eigenvalue weighted by Crippen LogP contribution is -2.09. The van der Waals surface area contributed by atoms with E-state index in [9.17, 15) is 9.59 Å². The zero-order valence-corrected chi connectivity index (χ0v) is 15.4. The fourth-order valence-electron chi connectivity index (χ4n) is 2.12. The van der Waals surface area contributed by atoms with E-state index in [1.807, 2.05) is 18.5 Å². The number of thiophene rings is 1. The first-order chi connectivity index (χ1) is 11.4. The molecule has 0 aliphatic heterocycles. The molecular weight excluding hydrogens is 352 g/mol. The zero-order valence-electron chi connectivity index (χ0n) is 13.8. The van der Waals surface area contributed by atoms with Gasteiger partial charge in [-0.25, -0.2) is 9.59 Å². The number of hydrogen-bond acceptors (Lipinski definition) is 9. The number of thioether (sulfide) groups is 1. The highest BCUT2D eigenvalue weighted by Crippen LogP contribution is 2.36. The van der Waals surface area contributed by atoms with Gasteiger partial charge in [-0.05, 0) is 0 Å². The molecule has 0 aromatic carbocycles. The summed E-state index contributed by atoms with van der Waals surface area (Å²) in [6, 6.07) is 0. The van der Waals surface area contributed by atoms with Crippen molar-refractivity contribution in [3.05, 3.63) is 21.8 Å². The highest BCUT2D eigenvalue weighted by atomic mass is 32.2. The van der Waals surface area contributed by atoms with E-state index in [1.54, 1.807) is 0 Å². The van der Waals surface area contributed by atoms with Gasteiger partial charge in [0.2, 0.25) is 0 Å². The maximum atomic E-state index is 12.0. The van der Waals surface area contributed by atoms with Crippen molar-refractivity contribution in [2.75, 3.05) is 20.0 Å². The number of hydrogen-bond donors (Lipinski definition) is 1. The van der Waals surface area contributed by atoms with E-state index in [0.29, 0.717) is 21.3 Å². The van der Waals surface area contributed by atoms with Crippen molar-refractivity contribution in [2.24, 2.45) is 7.05 Å². The number of nitrogen functional groups attached to an aromatic ring is 1. The van der Waals surface area contributed by atoms with E-state index < -0.39 is 11.9 Å². The molecule has 0 saturated heterocycles. The second kappa shape index (κ2) is 7.67. The Morgan fingerprint density at radius 1 is 1.25 bits per heavy atom. The van der Waals surface area contributed by atoms with Gasteiger partial charge in [-0.1, -0.05) is 18.7 Å². The van der Waals surface area contributed by atoms with Crippen LogP contribution >= 0.6 is 23.1 Å².